The lowest BCUT2D eigenvalue weighted by atomic mass is 10.1. The van der Waals surface area contributed by atoms with Crippen LogP contribution in [-0.2, 0) is 4.43 Å². The average Bonchev–Trinajstić information content (AvgIpc) is 2.87. The number of hydrogen-bond acceptors (Lipinski definition) is 1. The predicted octanol–water partition coefficient (Wildman–Crippen LogP) is 5.35. The first-order valence-electron chi connectivity index (χ1n) is 13.7. The van der Waals surface area contributed by atoms with Gasteiger partial charge in [-0.15, -0.1) is 0 Å². The maximum Gasteiger partial charge on any atom is 0.184 e. The van der Waals surface area contributed by atoms with Crippen LogP contribution in [0.3, 0.4) is 0 Å². The highest BCUT2D eigenvalue weighted by Crippen LogP contribution is 2.56. The lowest BCUT2D eigenvalue weighted by Gasteiger charge is -2.31. The highest BCUT2D eigenvalue weighted by molar-refractivity contribution is 7.95. The molecule has 1 nitrogen and oxygen atoms in total. The zero-order chi connectivity index (χ0) is 25.0. The number of halogens is 1. The minimum absolute atomic E-state index is 0. The molecule has 0 aliphatic heterocycles. The van der Waals surface area contributed by atoms with E-state index in [-0.39, 0.29) is 24.0 Å². The molecular formula is C32H46IOPSi. The summed E-state index contributed by atoms with van der Waals surface area (Å²) >= 11 is 0. The lowest BCUT2D eigenvalue weighted by molar-refractivity contribution is -0.00000936. The van der Waals surface area contributed by atoms with Gasteiger partial charge >= 0.3 is 0 Å². The molecule has 4 heteroatoms. The molecule has 0 unspecified atom stereocenters. The molecule has 3 rings (SSSR count). The quantitative estimate of drug-likeness (QED) is 0.0952. The second-order valence-electron chi connectivity index (χ2n) is 10.7. The van der Waals surface area contributed by atoms with Gasteiger partial charge in [-0.25, -0.2) is 0 Å². The Bertz CT molecular complexity index is 863. The molecule has 36 heavy (non-hydrogen) atoms. The molecule has 3 aromatic rings. The van der Waals surface area contributed by atoms with E-state index in [9.17, 15) is 0 Å². The number of unbranched alkanes of at least 4 members (excludes halogenated alkanes) is 5. The molecule has 0 saturated carbocycles. The van der Waals surface area contributed by atoms with Gasteiger partial charge in [-0.05, 0) is 62.5 Å². The highest BCUT2D eigenvalue weighted by atomic mass is 127. The van der Waals surface area contributed by atoms with E-state index in [0.717, 1.165) is 12.6 Å². The molecule has 0 N–H and O–H groups in total. The Labute approximate surface area is 240 Å². The van der Waals surface area contributed by atoms with Gasteiger partial charge in [-0.1, -0.05) is 100 Å². The van der Waals surface area contributed by atoms with E-state index in [4.69, 9.17) is 4.43 Å². The summed E-state index contributed by atoms with van der Waals surface area (Å²) in [5.74, 6) is 0. The second kappa shape index (κ2) is 16.1. The molecular weight excluding hydrogens is 586 g/mol. The van der Waals surface area contributed by atoms with E-state index in [1.54, 1.807) is 0 Å². The second-order valence-corrected chi connectivity index (χ2v) is 18.8. The fourth-order valence-electron chi connectivity index (χ4n) is 5.13. The third kappa shape index (κ3) is 9.38. The molecule has 0 aliphatic rings. The largest absolute Gasteiger partial charge is 1.00 e. The van der Waals surface area contributed by atoms with Gasteiger partial charge in [0.05, 0.1) is 6.16 Å². The van der Waals surface area contributed by atoms with E-state index in [0.29, 0.717) is 6.10 Å². The van der Waals surface area contributed by atoms with Gasteiger partial charge < -0.3 is 28.4 Å². The Morgan fingerprint density at radius 1 is 0.611 bits per heavy atom. The van der Waals surface area contributed by atoms with Crippen LogP contribution in [0.15, 0.2) is 91.0 Å². The van der Waals surface area contributed by atoms with Crippen LogP contribution < -0.4 is 39.9 Å². The molecule has 0 aromatic heterocycles. The summed E-state index contributed by atoms with van der Waals surface area (Å²) in [4.78, 5) is 0. The Balaban J connectivity index is 0.00000456. The van der Waals surface area contributed by atoms with Gasteiger partial charge in [0, 0.05) is 12.5 Å². The van der Waals surface area contributed by atoms with Crippen LogP contribution in [0.5, 0.6) is 0 Å². The molecule has 0 aliphatic carbocycles. The average molecular weight is 633 g/mol. The van der Waals surface area contributed by atoms with Crippen molar-refractivity contribution in [3.8, 4) is 0 Å². The Morgan fingerprint density at radius 3 is 1.44 bits per heavy atom. The van der Waals surface area contributed by atoms with Crippen molar-refractivity contribution in [2.24, 2.45) is 0 Å². The molecule has 1 atom stereocenters. The zero-order valence-corrected chi connectivity index (χ0v) is 26.9. The van der Waals surface area contributed by atoms with Crippen LogP contribution >= 0.6 is 7.26 Å². The summed E-state index contributed by atoms with van der Waals surface area (Å²) in [6.45, 7) is 9.32. The normalized spacial score (nSPS) is 12.7. The van der Waals surface area contributed by atoms with Crippen LogP contribution in [0.25, 0.3) is 0 Å². The van der Waals surface area contributed by atoms with Gasteiger partial charge in [0.2, 0.25) is 0 Å². The minimum atomic E-state index is -1.79. The summed E-state index contributed by atoms with van der Waals surface area (Å²) in [6.07, 6.45) is 11.8. The van der Waals surface area contributed by atoms with E-state index >= 15 is 0 Å². The molecule has 0 amide bonds. The summed E-state index contributed by atoms with van der Waals surface area (Å²) in [5, 5.41) is 4.43. The van der Waals surface area contributed by atoms with Crippen molar-refractivity contribution in [2.45, 2.75) is 84.0 Å². The molecule has 0 heterocycles. The van der Waals surface area contributed by atoms with E-state index in [1.165, 1.54) is 60.9 Å². The van der Waals surface area contributed by atoms with Crippen LogP contribution in [-0.4, -0.2) is 20.6 Å². The Hall–Kier alpha value is -1.00. The molecule has 0 radical (unpaired) electrons. The summed E-state index contributed by atoms with van der Waals surface area (Å²) in [6, 6.07) is 33.8. The van der Waals surface area contributed by atoms with Crippen LogP contribution in [0, 0.1) is 0 Å². The van der Waals surface area contributed by atoms with Crippen molar-refractivity contribution in [2.75, 3.05) is 6.16 Å². The SMILES string of the molecule is CCCCCCCC[C@H](CC[P+](c1ccccc1)(c1ccccc1)c1ccccc1)O[Si](C)(C)C.[I-]. The van der Waals surface area contributed by atoms with E-state index < -0.39 is 15.6 Å². The van der Waals surface area contributed by atoms with Gasteiger partial charge in [0.1, 0.15) is 23.2 Å². The van der Waals surface area contributed by atoms with Gasteiger partial charge in [0.25, 0.3) is 0 Å². The highest BCUT2D eigenvalue weighted by Gasteiger charge is 2.45. The van der Waals surface area contributed by atoms with Crippen molar-refractivity contribution in [1.29, 1.82) is 0 Å². The fraction of sp³-hybridized carbons (Fsp3) is 0.438. The summed E-state index contributed by atoms with van der Waals surface area (Å²) in [7, 11) is -3.41. The van der Waals surface area contributed by atoms with Gasteiger partial charge in [-0.3, -0.25) is 0 Å². The Morgan fingerprint density at radius 2 is 1.03 bits per heavy atom. The molecule has 0 spiro atoms. The van der Waals surface area contributed by atoms with Crippen molar-refractivity contribution in [3.05, 3.63) is 91.0 Å². The van der Waals surface area contributed by atoms with Gasteiger partial charge in [-0.2, -0.15) is 0 Å². The minimum Gasteiger partial charge on any atom is -1.00 e. The van der Waals surface area contributed by atoms with Crippen molar-refractivity contribution in [3.63, 3.8) is 0 Å². The van der Waals surface area contributed by atoms with Crippen LogP contribution in [0.4, 0.5) is 0 Å². The topological polar surface area (TPSA) is 9.23 Å². The Kier molecular flexibility index (Phi) is 13.9. The third-order valence-corrected chi connectivity index (χ3v) is 12.3. The maximum atomic E-state index is 6.83. The lowest BCUT2D eigenvalue weighted by Crippen LogP contribution is -3.00. The first-order valence-corrected chi connectivity index (χ1v) is 19.1. The number of benzene rings is 3. The molecule has 0 bridgehead atoms. The maximum absolute atomic E-state index is 6.83. The zero-order valence-electron chi connectivity index (χ0n) is 22.8. The summed E-state index contributed by atoms with van der Waals surface area (Å²) in [5.41, 5.74) is 0. The first-order chi connectivity index (χ1) is 17.0. The molecule has 196 valence electrons. The summed E-state index contributed by atoms with van der Waals surface area (Å²) < 4.78 is 6.83. The smallest absolute Gasteiger partial charge is 0.184 e. The standard InChI is InChI=1S/C32H46OPSi.HI/c1-5-6-7-8-9-13-20-29(33-35(2,3)4)27-28-34(30-21-14-10-15-22-30,31-23-16-11-17-24-31)32-25-18-12-19-26-32;/h10-12,14-19,21-26,29H,5-9,13,20,27-28H2,1-4H3;1H/q+1;/p-1/t29-;/m1./s1. The van der Waals surface area contributed by atoms with Crippen molar-refractivity contribution in [1.82, 2.24) is 0 Å². The molecule has 0 saturated heterocycles. The third-order valence-electron chi connectivity index (χ3n) is 6.78. The van der Waals surface area contributed by atoms with E-state index in [2.05, 4.69) is 118 Å². The molecule has 3 aromatic carbocycles. The fourth-order valence-corrected chi connectivity index (χ4v) is 10.8. The van der Waals surface area contributed by atoms with Crippen molar-refractivity contribution < 1.29 is 28.4 Å². The van der Waals surface area contributed by atoms with Crippen molar-refractivity contribution >= 4 is 31.5 Å². The molecule has 0 fully saturated rings. The van der Waals surface area contributed by atoms with Gasteiger partial charge in [0.15, 0.2) is 8.32 Å². The van der Waals surface area contributed by atoms with Crippen LogP contribution in [0.2, 0.25) is 19.6 Å². The number of hydrogen-bond donors (Lipinski definition) is 0. The predicted molar refractivity (Wildman–Crippen MR) is 161 cm³/mol. The number of rotatable bonds is 15. The van der Waals surface area contributed by atoms with Crippen LogP contribution in [0.1, 0.15) is 58.3 Å². The monoisotopic (exact) mass is 632 g/mol. The first kappa shape index (κ1) is 31.2. The van der Waals surface area contributed by atoms with E-state index in [1.807, 2.05) is 0 Å².